The molecule has 0 unspecified atom stereocenters. The molecule has 2 aliphatic heterocycles. The fourth-order valence-electron chi connectivity index (χ4n) is 2.79. The highest BCUT2D eigenvalue weighted by molar-refractivity contribution is 4.98. The molecular formula is C9H17NO2. The molecular weight excluding hydrogens is 154 g/mol. The van der Waals surface area contributed by atoms with E-state index in [9.17, 15) is 5.11 Å². The lowest BCUT2D eigenvalue weighted by molar-refractivity contribution is -0.0300. The lowest BCUT2D eigenvalue weighted by atomic mass is 9.88. The quantitative estimate of drug-likeness (QED) is 0.575. The van der Waals surface area contributed by atoms with Crippen molar-refractivity contribution in [2.75, 3.05) is 13.7 Å². The molecule has 2 N–H and O–H groups in total. The predicted molar refractivity (Wildman–Crippen MR) is 45.8 cm³/mol. The van der Waals surface area contributed by atoms with Gasteiger partial charge in [0, 0.05) is 24.6 Å². The summed E-state index contributed by atoms with van der Waals surface area (Å²) in [6, 6.07) is 0.983. The van der Waals surface area contributed by atoms with Gasteiger partial charge in [-0.1, -0.05) is 0 Å². The first-order valence-corrected chi connectivity index (χ1v) is 4.75. The van der Waals surface area contributed by atoms with Crippen LogP contribution in [0.5, 0.6) is 0 Å². The summed E-state index contributed by atoms with van der Waals surface area (Å²) < 4.78 is 0. The van der Waals surface area contributed by atoms with Crippen LogP contribution in [-0.2, 0) is 0 Å². The molecule has 12 heavy (non-hydrogen) atoms. The van der Waals surface area contributed by atoms with Crippen molar-refractivity contribution in [3.63, 3.8) is 0 Å². The Morgan fingerprint density at radius 2 is 2.17 bits per heavy atom. The van der Waals surface area contributed by atoms with E-state index >= 15 is 0 Å². The fraction of sp³-hybridized carbons (Fsp3) is 1.00. The third-order valence-electron chi connectivity index (χ3n) is 3.61. The molecule has 0 aliphatic carbocycles. The lowest BCUT2D eigenvalue weighted by Gasteiger charge is -2.39. The summed E-state index contributed by atoms with van der Waals surface area (Å²) in [5.41, 5.74) is 0. The van der Waals surface area contributed by atoms with Gasteiger partial charge in [0.1, 0.15) is 0 Å². The Balaban J connectivity index is 2.14. The smallest absolute Gasteiger partial charge is 0.0620 e. The molecule has 0 spiro atoms. The largest absolute Gasteiger partial charge is 0.396 e. The molecule has 2 saturated heterocycles. The number of fused-ring (bicyclic) bond motifs is 2. The summed E-state index contributed by atoms with van der Waals surface area (Å²) in [5.74, 6) is 0.0914. The maximum Gasteiger partial charge on any atom is 0.0620 e. The molecule has 0 saturated carbocycles. The van der Waals surface area contributed by atoms with Crippen molar-refractivity contribution in [3.05, 3.63) is 0 Å². The molecule has 0 aromatic carbocycles. The molecule has 3 nitrogen and oxygen atoms in total. The molecule has 70 valence electrons. The van der Waals surface area contributed by atoms with Gasteiger partial charge in [0.2, 0.25) is 0 Å². The number of aliphatic hydroxyl groups is 2. The van der Waals surface area contributed by atoms with Gasteiger partial charge < -0.3 is 10.2 Å². The van der Waals surface area contributed by atoms with Crippen LogP contribution in [0.4, 0.5) is 0 Å². The zero-order valence-corrected chi connectivity index (χ0v) is 7.48. The molecule has 0 radical (unpaired) electrons. The van der Waals surface area contributed by atoms with E-state index in [1.165, 1.54) is 6.42 Å². The van der Waals surface area contributed by atoms with E-state index < -0.39 is 0 Å². The van der Waals surface area contributed by atoms with Gasteiger partial charge in [-0.05, 0) is 26.3 Å². The van der Waals surface area contributed by atoms with E-state index in [1.54, 1.807) is 0 Å². The second kappa shape index (κ2) is 2.98. The molecule has 2 fully saturated rings. The topological polar surface area (TPSA) is 43.7 Å². The van der Waals surface area contributed by atoms with Crippen molar-refractivity contribution in [3.8, 4) is 0 Å². The highest BCUT2D eigenvalue weighted by Crippen LogP contribution is 2.37. The van der Waals surface area contributed by atoms with Gasteiger partial charge in [0.15, 0.2) is 0 Å². The molecule has 3 heteroatoms. The van der Waals surface area contributed by atoms with Crippen LogP contribution < -0.4 is 0 Å². The number of aliphatic hydroxyl groups excluding tert-OH is 2. The number of rotatable bonds is 1. The zero-order chi connectivity index (χ0) is 8.72. The molecule has 2 aliphatic rings. The van der Waals surface area contributed by atoms with Gasteiger partial charge in [-0.2, -0.15) is 0 Å². The van der Waals surface area contributed by atoms with Crippen LogP contribution in [0, 0.1) is 5.92 Å². The average molecular weight is 171 g/mol. The monoisotopic (exact) mass is 171 g/mol. The van der Waals surface area contributed by atoms with Crippen LogP contribution in [0.3, 0.4) is 0 Å². The maximum absolute atomic E-state index is 9.68. The molecule has 2 bridgehead atoms. The molecule has 2 rings (SSSR count). The van der Waals surface area contributed by atoms with Crippen molar-refractivity contribution >= 4 is 0 Å². The molecule has 2 heterocycles. The van der Waals surface area contributed by atoms with E-state index in [0.717, 1.165) is 12.8 Å². The summed E-state index contributed by atoms with van der Waals surface area (Å²) in [7, 11) is 2.11. The summed E-state index contributed by atoms with van der Waals surface area (Å²) >= 11 is 0. The van der Waals surface area contributed by atoms with Crippen LogP contribution in [-0.4, -0.2) is 47.0 Å². The molecule has 0 aromatic heterocycles. The molecule has 4 atom stereocenters. The predicted octanol–water partition coefficient (Wildman–Crippen LogP) is -0.178. The Hall–Kier alpha value is -0.120. The van der Waals surface area contributed by atoms with Crippen molar-refractivity contribution in [2.45, 2.75) is 37.5 Å². The number of hydrogen-bond acceptors (Lipinski definition) is 3. The van der Waals surface area contributed by atoms with Crippen LogP contribution in [0.1, 0.15) is 19.3 Å². The maximum atomic E-state index is 9.68. The van der Waals surface area contributed by atoms with E-state index in [2.05, 4.69) is 11.9 Å². The van der Waals surface area contributed by atoms with E-state index in [1.807, 2.05) is 0 Å². The first-order valence-electron chi connectivity index (χ1n) is 4.75. The summed E-state index contributed by atoms with van der Waals surface area (Å²) in [5, 5.41) is 18.8. The third kappa shape index (κ3) is 1.08. The first-order chi connectivity index (χ1) is 5.74. The van der Waals surface area contributed by atoms with E-state index in [0.29, 0.717) is 12.1 Å². The van der Waals surface area contributed by atoms with Gasteiger partial charge in [-0.3, -0.25) is 4.90 Å². The van der Waals surface area contributed by atoms with Crippen LogP contribution in [0.15, 0.2) is 0 Å². The molecule has 0 aromatic rings. The van der Waals surface area contributed by atoms with Crippen LogP contribution in [0.2, 0.25) is 0 Å². The van der Waals surface area contributed by atoms with Crippen molar-refractivity contribution in [1.82, 2.24) is 4.90 Å². The summed E-state index contributed by atoms with van der Waals surface area (Å²) in [6.07, 6.45) is 2.90. The highest BCUT2D eigenvalue weighted by Gasteiger charge is 2.44. The zero-order valence-electron chi connectivity index (χ0n) is 7.48. The minimum Gasteiger partial charge on any atom is -0.396 e. The normalized spacial score (nSPS) is 48.2. The summed E-state index contributed by atoms with van der Waals surface area (Å²) in [4.78, 5) is 2.33. The van der Waals surface area contributed by atoms with Crippen molar-refractivity contribution in [1.29, 1.82) is 0 Å². The van der Waals surface area contributed by atoms with Gasteiger partial charge in [-0.25, -0.2) is 0 Å². The second-order valence-corrected chi connectivity index (χ2v) is 4.11. The van der Waals surface area contributed by atoms with Crippen LogP contribution in [0.25, 0.3) is 0 Å². The second-order valence-electron chi connectivity index (χ2n) is 4.11. The Labute approximate surface area is 73.0 Å². The van der Waals surface area contributed by atoms with E-state index in [-0.39, 0.29) is 18.6 Å². The number of piperidine rings is 1. The van der Waals surface area contributed by atoms with Crippen LogP contribution >= 0.6 is 0 Å². The highest BCUT2D eigenvalue weighted by atomic mass is 16.3. The van der Waals surface area contributed by atoms with E-state index in [4.69, 9.17) is 5.11 Å². The SMILES string of the molecule is CN1[C@H]2CC[C@@H]1[C@@H](CO)[C@@H](O)C2. The minimum absolute atomic E-state index is 0.0914. The first kappa shape index (κ1) is 8.48. The number of hydrogen-bond donors (Lipinski definition) is 2. The Bertz CT molecular complexity index is 174. The Kier molecular flexibility index (Phi) is 2.10. The van der Waals surface area contributed by atoms with Gasteiger partial charge in [-0.15, -0.1) is 0 Å². The lowest BCUT2D eigenvalue weighted by Crippen LogP contribution is -2.50. The Morgan fingerprint density at radius 1 is 1.42 bits per heavy atom. The fourth-order valence-corrected chi connectivity index (χ4v) is 2.79. The standard InChI is InChI=1S/C9H17NO2/c1-10-6-2-3-8(10)7(5-11)9(12)4-6/h6-9,11-12H,2-5H2,1H3/t6-,7+,8+,9-/m0/s1. The number of nitrogens with zero attached hydrogens (tertiary/aromatic N) is 1. The summed E-state index contributed by atoms with van der Waals surface area (Å²) in [6.45, 7) is 0.128. The third-order valence-corrected chi connectivity index (χ3v) is 3.61. The van der Waals surface area contributed by atoms with Gasteiger partial charge in [0.25, 0.3) is 0 Å². The Morgan fingerprint density at radius 3 is 2.83 bits per heavy atom. The van der Waals surface area contributed by atoms with Gasteiger partial charge in [0.05, 0.1) is 6.10 Å². The van der Waals surface area contributed by atoms with Gasteiger partial charge >= 0.3 is 0 Å². The van der Waals surface area contributed by atoms with Crippen molar-refractivity contribution < 1.29 is 10.2 Å². The van der Waals surface area contributed by atoms with Crippen molar-refractivity contribution in [2.24, 2.45) is 5.92 Å². The average Bonchev–Trinajstić information content (AvgIpc) is 2.34. The minimum atomic E-state index is -0.274. The molecule has 0 amide bonds.